The molecule has 0 aliphatic heterocycles. The lowest BCUT2D eigenvalue weighted by atomic mass is 10.3. The van der Waals surface area contributed by atoms with Gasteiger partial charge in [-0.05, 0) is 48.5 Å². The summed E-state index contributed by atoms with van der Waals surface area (Å²) < 4.78 is 53.6. The number of carbonyl (C=O) groups is 1. The summed E-state index contributed by atoms with van der Waals surface area (Å²) in [6.45, 7) is -0.575. The maximum Gasteiger partial charge on any atom is 0.264 e. The van der Waals surface area contributed by atoms with Gasteiger partial charge in [-0.3, -0.25) is 9.10 Å². The number of benzene rings is 3. The molecule has 3 rings (SSSR count). The molecule has 0 saturated heterocycles. The van der Waals surface area contributed by atoms with E-state index in [1.807, 2.05) is 0 Å². The molecule has 3 aromatic carbocycles. The molecule has 1 amide bonds. The van der Waals surface area contributed by atoms with Crippen LogP contribution in [-0.2, 0) is 14.8 Å². The van der Waals surface area contributed by atoms with Crippen LogP contribution < -0.4 is 9.62 Å². The van der Waals surface area contributed by atoms with Gasteiger partial charge in [-0.1, -0.05) is 29.8 Å². The molecule has 0 fully saturated rings. The van der Waals surface area contributed by atoms with Gasteiger partial charge in [0.05, 0.1) is 10.6 Å². The molecule has 5 nitrogen and oxygen atoms in total. The van der Waals surface area contributed by atoms with Gasteiger partial charge in [0, 0.05) is 16.8 Å². The average molecular weight is 437 g/mol. The summed E-state index contributed by atoms with van der Waals surface area (Å²) in [7, 11) is -4.09. The minimum atomic E-state index is -4.09. The number of amides is 1. The number of hydrogen-bond acceptors (Lipinski definition) is 3. The second-order valence-corrected chi connectivity index (χ2v) is 8.28. The Balaban J connectivity index is 1.91. The van der Waals surface area contributed by atoms with Gasteiger partial charge in [-0.2, -0.15) is 0 Å². The Bertz CT molecular complexity index is 1120. The Morgan fingerprint density at radius 1 is 0.931 bits per heavy atom. The standard InChI is InChI=1S/C20H15ClF2N2O3S/c21-14-6-9-17(10-7-14)29(27,28)25(16-4-2-1-3-5-16)13-20(26)24-15-8-11-18(22)19(23)12-15/h1-12H,13H2,(H,24,26). The molecule has 0 radical (unpaired) electrons. The Hall–Kier alpha value is -2.97. The van der Waals surface area contributed by atoms with Crippen LogP contribution in [0, 0.1) is 11.6 Å². The quantitative estimate of drug-likeness (QED) is 0.620. The van der Waals surface area contributed by atoms with Crippen molar-refractivity contribution < 1.29 is 22.0 Å². The summed E-state index contributed by atoms with van der Waals surface area (Å²) >= 11 is 5.83. The van der Waals surface area contributed by atoms with Crippen molar-refractivity contribution in [2.75, 3.05) is 16.2 Å². The van der Waals surface area contributed by atoms with E-state index in [1.165, 1.54) is 42.5 Å². The topological polar surface area (TPSA) is 66.5 Å². The van der Waals surface area contributed by atoms with Gasteiger partial charge in [0.1, 0.15) is 6.54 Å². The minimum absolute atomic E-state index is 0.00537. The number of rotatable bonds is 6. The van der Waals surface area contributed by atoms with E-state index < -0.39 is 34.1 Å². The molecule has 0 aromatic heterocycles. The van der Waals surface area contributed by atoms with Crippen LogP contribution >= 0.6 is 11.6 Å². The first-order chi connectivity index (χ1) is 13.8. The summed E-state index contributed by atoms with van der Waals surface area (Å²) in [4.78, 5) is 12.4. The first-order valence-electron chi connectivity index (χ1n) is 8.35. The zero-order valence-corrected chi connectivity index (χ0v) is 16.4. The van der Waals surface area contributed by atoms with Gasteiger partial charge in [-0.15, -0.1) is 0 Å². The average Bonchev–Trinajstić information content (AvgIpc) is 2.70. The van der Waals surface area contributed by atoms with E-state index in [4.69, 9.17) is 11.6 Å². The Labute approximate surface area is 171 Å². The molecular weight excluding hydrogens is 422 g/mol. The first-order valence-corrected chi connectivity index (χ1v) is 10.2. The second kappa shape index (κ2) is 8.59. The Morgan fingerprint density at radius 3 is 2.21 bits per heavy atom. The lowest BCUT2D eigenvalue weighted by Crippen LogP contribution is -2.38. The van der Waals surface area contributed by atoms with Crippen molar-refractivity contribution in [3.8, 4) is 0 Å². The fraction of sp³-hybridized carbons (Fsp3) is 0.0500. The highest BCUT2D eigenvalue weighted by Crippen LogP contribution is 2.24. The third-order valence-corrected chi connectivity index (χ3v) is 5.98. The van der Waals surface area contributed by atoms with Crippen molar-refractivity contribution in [3.63, 3.8) is 0 Å². The van der Waals surface area contributed by atoms with Crippen LogP contribution in [-0.4, -0.2) is 20.9 Å². The molecule has 0 aliphatic rings. The lowest BCUT2D eigenvalue weighted by molar-refractivity contribution is -0.114. The van der Waals surface area contributed by atoms with Crippen molar-refractivity contribution in [1.82, 2.24) is 0 Å². The van der Waals surface area contributed by atoms with Crippen molar-refractivity contribution in [1.29, 1.82) is 0 Å². The van der Waals surface area contributed by atoms with Gasteiger partial charge in [0.2, 0.25) is 5.91 Å². The lowest BCUT2D eigenvalue weighted by Gasteiger charge is -2.24. The number of nitrogens with one attached hydrogen (secondary N) is 1. The van der Waals surface area contributed by atoms with Gasteiger partial charge >= 0.3 is 0 Å². The van der Waals surface area contributed by atoms with E-state index in [0.29, 0.717) is 5.02 Å². The Morgan fingerprint density at radius 2 is 1.59 bits per heavy atom. The predicted octanol–water partition coefficient (Wildman–Crippen LogP) is 4.45. The molecule has 0 atom stereocenters. The molecule has 150 valence electrons. The minimum Gasteiger partial charge on any atom is -0.324 e. The molecule has 3 aromatic rings. The molecular formula is C20H15ClF2N2O3S. The van der Waals surface area contributed by atoms with Crippen LogP contribution in [0.3, 0.4) is 0 Å². The molecule has 0 aliphatic carbocycles. The normalized spacial score (nSPS) is 11.1. The van der Waals surface area contributed by atoms with E-state index in [-0.39, 0.29) is 16.3 Å². The monoisotopic (exact) mass is 436 g/mol. The van der Waals surface area contributed by atoms with Crippen molar-refractivity contribution >= 4 is 38.9 Å². The SMILES string of the molecule is O=C(CN(c1ccccc1)S(=O)(=O)c1ccc(Cl)cc1)Nc1ccc(F)c(F)c1. The number of halogens is 3. The molecule has 1 N–H and O–H groups in total. The van der Waals surface area contributed by atoms with E-state index >= 15 is 0 Å². The van der Waals surface area contributed by atoms with Crippen molar-refractivity contribution in [2.24, 2.45) is 0 Å². The number of nitrogens with zero attached hydrogens (tertiary/aromatic N) is 1. The first kappa shape index (κ1) is 20.8. The summed E-state index contributed by atoms with van der Waals surface area (Å²) in [5, 5.41) is 2.74. The highest BCUT2D eigenvalue weighted by atomic mass is 35.5. The van der Waals surface area contributed by atoms with Crippen LogP contribution in [0.1, 0.15) is 0 Å². The Kier molecular flexibility index (Phi) is 6.14. The zero-order valence-electron chi connectivity index (χ0n) is 14.8. The van der Waals surface area contributed by atoms with Crippen molar-refractivity contribution in [2.45, 2.75) is 4.90 Å². The molecule has 29 heavy (non-hydrogen) atoms. The highest BCUT2D eigenvalue weighted by Gasteiger charge is 2.27. The third kappa shape index (κ3) is 4.90. The van der Waals surface area contributed by atoms with Crippen LogP contribution in [0.2, 0.25) is 5.02 Å². The fourth-order valence-electron chi connectivity index (χ4n) is 2.55. The largest absolute Gasteiger partial charge is 0.324 e. The van der Waals surface area contributed by atoms with Gasteiger partial charge in [-0.25, -0.2) is 17.2 Å². The van der Waals surface area contributed by atoms with Crippen LogP contribution in [0.5, 0.6) is 0 Å². The van der Waals surface area contributed by atoms with Gasteiger partial charge in [0.15, 0.2) is 11.6 Å². The molecule has 0 heterocycles. The van der Waals surface area contributed by atoms with Crippen LogP contribution in [0.4, 0.5) is 20.2 Å². The fourth-order valence-corrected chi connectivity index (χ4v) is 4.09. The molecule has 0 unspecified atom stereocenters. The highest BCUT2D eigenvalue weighted by molar-refractivity contribution is 7.92. The predicted molar refractivity (Wildman–Crippen MR) is 107 cm³/mol. The third-order valence-electron chi connectivity index (χ3n) is 3.94. The molecule has 0 spiro atoms. The summed E-state index contributed by atoms with van der Waals surface area (Å²) in [6, 6.07) is 16.4. The zero-order chi connectivity index (χ0) is 21.0. The summed E-state index contributed by atoms with van der Waals surface area (Å²) in [5.74, 6) is -2.91. The number of hydrogen-bond donors (Lipinski definition) is 1. The van der Waals surface area contributed by atoms with E-state index in [0.717, 1.165) is 16.4 Å². The van der Waals surface area contributed by atoms with E-state index in [2.05, 4.69) is 5.32 Å². The van der Waals surface area contributed by atoms with Crippen molar-refractivity contribution in [3.05, 3.63) is 89.5 Å². The number of para-hydroxylation sites is 1. The molecule has 0 bridgehead atoms. The van der Waals surface area contributed by atoms with E-state index in [1.54, 1.807) is 18.2 Å². The smallest absolute Gasteiger partial charge is 0.264 e. The van der Waals surface area contributed by atoms with Crippen LogP contribution in [0.25, 0.3) is 0 Å². The van der Waals surface area contributed by atoms with Gasteiger partial charge in [0.25, 0.3) is 10.0 Å². The van der Waals surface area contributed by atoms with Gasteiger partial charge < -0.3 is 5.32 Å². The maximum atomic E-state index is 13.4. The van der Waals surface area contributed by atoms with E-state index in [9.17, 15) is 22.0 Å². The second-order valence-electron chi connectivity index (χ2n) is 5.98. The number of anilines is 2. The van der Waals surface area contributed by atoms with Crippen LogP contribution in [0.15, 0.2) is 77.7 Å². The number of carbonyl (C=O) groups excluding carboxylic acids is 1. The summed E-state index contributed by atoms with van der Waals surface area (Å²) in [6.07, 6.45) is 0. The summed E-state index contributed by atoms with van der Waals surface area (Å²) in [5.41, 5.74) is 0.272. The maximum absolute atomic E-state index is 13.4. The molecule has 0 saturated carbocycles. The molecule has 9 heteroatoms. The number of sulfonamides is 1.